The first-order valence-electron chi connectivity index (χ1n) is 3.34. The molecular weight excluding hydrogens is 102 g/mol. The molecule has 1 saturated carbocycles. The van der Waals surface area contributed by atoms with Gasteiger partial charge in [-0.05, 0) is 12.8 Å². The highest BCUT2D eigenvalue weighted by atomic mass is 16.7. The zero-order valence-electron chi connectivity index (χ0n) is 4.89. The molecule has 0 bridgehead atoms. The van der Waals surface area contributed by atoms with E-state index in [9.17, 15) is 0 Å². The highest BCUT2D eigenvalue weighted by Crippen LogP contribution is 2.28. The van der Waals surface area contributed by atoms with Gasteiger partial charge in [0.05, 0.1) is 6.61 Å². The summed E-state index contributed by atoms with van der Waals surface area (Å²) in [6.45, 7) is 0.949. The van der Waals surface area contributed by atoms with Crippen molar-refractivity contribution in [3.05, 3.63) is 0 Å². The predicted octanol–water partition coefficient (Wildman–Crippen LogP) is 0.690. The molecule has 2 heteroatoms. The quantitative estimate of drug-likeness (QED) is 0.499. The van der Waals surface area contributed by atoms with Crippen molar-refractivity contribution in [3.8, 4) is 0 Å². The normalized spacial score (nSPS) is 45.0. The number of rotatable bonds is 0. The van der Waals surface area contributed by atoms with Crippen LogP contribution < -0.4 is 5.48 Å². The third kappa shape index (κ3) is 0.565. The first-order valence-corrected chi connectivity index (χ1v) is 3.34. The molecule has 2 fully saturated rings. The van der Waals surface area contributed by atoms with Gasteiger partial charge in [0, 0.05) is 12.0 Å². The molecule has 2 rings (SSSR count). The summed E-state index contributed by atoms with van der Waals surface area (Å²) in [7, 11) is 0. The average Bonchev–Trinajstić information content (AvgIpc) is 2.15. The van der Waals surface area contributed by atoms with Gasteiger partial charge in [0.2, 0.25) is 0 Å². The molecule has 0 aromatic heterocycles. The summed E-state index contributed by atoms with van der Waals surface area (Å²) in [5.74, 6) is 0.843. The molecule has 46 valence electrons. The van der Waals surface area contributed by atoms with Crippen LogP contribution >= 0.6 is 0 Å². The first kappa shape index (κ1) is 4.77. The van der Waals surface area contributed by atoms with Crippen LogP contribution in [0.15, 0.2) is 0 Å². The molecule has 1 saturated heterocycles. The highest BCUT2D eigenvalue weighted by molar-refractivity contribution is 4.83. The Balaban J connectivity index is 2.04. The maximum atomic E-state index is 5.06. The smallest absolute Gasteiger partial charge is 0.0726 e. The maximum Gasteiger partial charge on any atom is 0.0726 e. The van der Waals surface area contributed by atoms with E-state index in [1.165, 1.54) is 19.3 Å². The molecule has 0 aromatic rings. The van der Waals surface area contributed by atoms with E-state index in [4.69, 9.17) is 4.84 Å². The summed E-state index contributed by atoms with van der Waals surface area (Å²) in [6, 6.07) is 0.704. The highest BCUT2D eigenvalue weighted by Gasteiger charge is 2.31. The van der Waals surface area contributed by atoms with Crippen LogP contribution in [0.4, 0.5) is 0 Å². The van der Waals surface area contributed by atoms with E-state index in [0.29, 0.717) is 6.04 Å². The zero-order chi connectivity index (χ0) is 5.40. The third-order valence-corrected chi connectivity index (χ3v) is 2.19. The minimum Gasteiger partial charge on any atom is -0.301 e. The standard InChI is InChI=1S/C6H11NO/c1-2-5-4-8-7-6(5)3-1/h5-7H,1-4H2. The molecule has 0 spiro atoms. The van der Waals surface area contributed by atoms with Crippen LogP contribution in [0.3, 0.4) is 0 Å². The minimum atomic E-state index is 0.704. The minimum absolute atomic E-state index is 0.704. The average molecular weight is 113 g/mol. The van der Waals surface area contributed by atoms with Crippen molar-refractivity contribution < 1.29 is 4.84 Å². The molecule has 2 nitrogen and oxygen atoms in total. The maximum absolute atomic E-state index is 5.06. The van der Waals surface area contributed by atoms with Gasteiger partial charge in [-0.1, -0.05) is 6.42 Å². The monoisotopic (exact) mass is 113 g/mol. The van der Waals surface area contributed by atoms with E-state index in [-0.39, 0.29) is 0 Å². The van der Waals surface area contributed by atoms with Crippen molar-refractivity contribution in [1.82, 2.24) is 5.48 Å². The van der Waals surface area contributed by atoms with E-state index < -0.39 is 0 Å². The first-order chi connectivity index (χ1) is 3.97. The summed E-state index contributed by atoms with van der Waals surface area (Å²) in [5, 5.41) is 0. The van der Waals surface area contributed by atoms with Crippen LogP contribution in [0.25, 0.3) is 0 Å². The Bertz CT molecular complexity index is 74.5. The number of fused-ring (bicyclic) bond motifs is 1. The van der Waals surface area contributed by atoms with Crippen LogP contribution in [-0.2, 0) is 4.84 Å². The topological polar surface area (TPSA) is 21.3 Å². The summed E-state index contributed by atoms with van der Waals surface area (Å²) in [6.07, 6.45) is 4.09. The van der Waals surface area contributed by atoms with Crippen molar-refractivity contribution in [3.63, 3.8) is 0 Å². The molecule has 1 aliphatic carbocycles. The molecule has 1 aliphatic heterocycles. The van der Waals surface area contributed by atoms with Gasteiger partial charge in [0.25, 0.3) is 0 Å². The molecule has 2 atom stereocenters. The molecule has 2 unspecified atom stereocenters. The predicted molar refractivity (Wildman–Crippen MR) is 30.2 cm³/mol. The van der Waals surface area contributed by atoms with Crippen molar-refractivity contribution in [2.75, 3.05) is 6.61 Å². The fourth-order valence-corrected chi connectivity index (χ4v) is 1.65. The van der Waals surface area contributed by atoms with Crippen LogP contribution in [0.5, 0.6) is 0 Å². The second-order valence-electron chi connectivity index (χ2n) is 2.73. The molecular formula is C6H11NO. The summed E-state index contributed by atoms with van der Waals surface area (Å²) in [4.78, 5) is 5.06. The molecule has 0 radical (unpaired) electrons. The molecule has 1 N–H and O–H groups in total. The van der Waals surface area contributed by atoms with Crippen molar-refractivity contribution in [2.24, 2.45) is 5.92 Å². The van der Waals surface area contributed by atoms with Gasteiger partial charge >= 0.3 is 0 Å². The van der Waals surface area contributed by atoms with Crippen molar-refractivity contribution in [1.29, 1.82) is 0 Å². The van der Waals surface area contributed by atoms with Gasteiger partial charge < -0.3 is 4.84 Å². The van der Waals surface area contributed by atoms with Crippen molar-refractivity contribution in [2.45, 2.75) is 25.3 Å². The SMILES string of the molecule is C1CC2CONC2C1. The third-order valence-electron chi connectivity index (χ3n) is 2.19. The number of hydrogen-bond donors (Lipinski definition) is 1. The Morgan fingerprint density at radius 2 is 2.38 bits per heavy atom. The van der Waals surface area contributed by atoms with E-state index in [1.807, 2.05) is 0 Å². The van der Waals surface area contributed by atoms with Gasteiger partial charge in [-0.3, -0.25) is 0 Å². The number of hydrogen-bond acceptors (Lipinski definition) is 2. The molecule has 1 heterocycles. The van der Waals surface area contributed by atoms with Gasteiger partial charge in [0.1, 0.15) is 0 Å². The molecule has 0 aromatic carbocycles. The molecule has 2 aliphatic rings. The Hall–Kier alpha value is -0.0800. The van der Waals surface area contributed by atoms with Crippen LogP contribution in [0.2, 0.25) is 0 Å². The van der Waals surface area contributed by atoms with E-state index in [1.54, 1.807) is 0 Å². The second kappa shape index (κ2) is 1.71. The lowest BCUT2D eigenvalue weighted by atomic mass is 10.1. The lowest BCUT2D eigenvalue weighted by Crippen LogP contribution is -2.20. The lowest BCUT2D eigenvalue weighted by Gasteiger charge is -2.01. The fraction of sp³-hybridized carbons (Fsp3) is 1.00. The van der Waals surface area contributed by atoms with Crippen LogP contribution in [-0.4, -0.2) is 12.6 Å². The Morgan fingerprint density at radius 3 is 3.25 bits per heavy atom. The Labute approximate surface area is 49.2 Å². The van der Waals surface area contributed by atoms with E-state index >= 15 is 0 Å². The van der Waals surface area contributed by atoms with Crippen molar-refractivity contribution >= 4 is 0 Å². The van der Waals surface area contributed by atoms with Gasteiger partial charge in [0.15, 0.2) is 0 Å². The molecule has 8 heavy (non-hydrogen) atoms. The molecule has 0 amide bonds. The van der Waals surface area contributed by atoms with E-state index in [0.717, 1.165) is 12.5 Å². The Morgan fingerprint density at radius 1 is 1.38 bits per heavy atom. The van der Waals surface area contributed by atoms with Gasteiger partial charge in [-0.15, -0.1) is 0 Å². The van der Waals surface area contributed by atoms with Gasteiger partial charge in [-0.2, -0.15) is 5.48 Å². The lowest BCUT2D eigenvalue weighted by molar-refractivity contribution is 0.0813. The van der Waals surface area contributed by atoms with Crippen LogP contribution in [0.1, 0.15) is 19.3 Å². The number of hydroxylamine groups is 1. The zero-order valence-corrected chi connectivity index (χ0v) is 4.89. The fourth-order valence-electron chi connectivity index (χ4n) is 1.65. The summed E-state index contributed by atoms with van der Waals surface area (Å²) >= 11 is 0. The summed E-state index contributed by atoms with van der Waals surface area (Å²) < 4.78 is 0. The van der Waals surface area contributed by atoms with E-state index in [2.05, 4.69) is 5.48 Å². The van der Waals surface area contributed by atoms with Gasteiger partial charge in [-0.25, -0.2) is 0 Å². The largest absolute Gasteiger partial charge is 0.301 e. The second-order valence-corrected chi connectivity index (χ2v) is 2.73. The summed E-state index contributed by atoms with van der Waals surface area (Å²) in [5.41, 5.74) is 3.02. The Kier molecular flexibility index (Phi) is 1.02. The van der Waals surface area contributed by atoms with Crippen LogP contribution in [0, 0.1) is 5.92 Å². The number of nitrogens with one attached hydrogen (secondary N) is 1.